The maximum Gasteiger partial charge on any atom is 0.449 e. The first-order chi connectivity index (χ1) is 10.5. The Bertz CT molecular complexity index is 635. The van der Waals surface area contributed by atoms with Crippen molar-refractivity contribution in [3.05, 3.63) is 28.3 Å². The van der Waals surface area contributed by atoms with Crippen LogP contribution in [0.5, 0.6) is 0 Å². The van der Waals surface area contributed by atoms with Gasteiger partial charge in [-0.05, 0) is 37.7 Å². The fourth-order valence-electron chi connectivity index (χ4n) is 2.69. The van der Waals surface area contributed by atoms with E-state index < -0.39 is 12.0 Å². The highest BCUT2D eigenvalue weighted by atomic mass is 32.1. The number of aromatic nitrogens is 4. The second-order valence-electron chi connectivity index (χ2n) is 5.37. The summed E-state index contributed by atoms with van der Waals surface area (Å²) in [5.74, 6) is -0.776. The molecule has 2 aromatic heterocycles. The highest BCUT2D eigenvalue weighted by Crippen LogP contribution is 2.33. The standard InChI is InChI=1S/C13H16F3N5S/c1-8(10-7-22-20-19-10)17-6-9-11-4-2-3-5-21(11)12(18-9)13(14,15)16/h7-8,17H,2-6H2,1H3. The number of alkyl halides is 3. The number of imidazole rings is 1. The minimum atomic E-state index is -4.41. The van der Waals surface area contributed by atoms with Gasteiger partial charge in [-0.2, -0.15) is 13.2 Å². The van der Waals surface area contributed by atoms with E-state index in [0.717, 1.165) is 18.5 Å². The smallest absolute Gasteiger partial charge is 0.324 e. The van der Waals surface area contributed by atoms with Gasteiger partial charge in [0.1, 0.15) is 0 Å². The van der Waals surface area contributed by atoms with E-state index in [1.54, 1.807) is 0 Å². The molecule has 0 radical (unpaired) electrons. The quantitative estimate of drug-likeness (QED) is 0.936. The number of nitrogens with zero attached hydrogens (tertiary/aromatic N) is 4. The second kappa shape index (κ2) is 5.96. The van der Waals surface area contributed by atoms with Crippen LogP contribution in [-0.4, -0.2) is 19.1 Å². The molecule has 9 heteroatoms. The highest BCUT2D eigenvalue weighted by Gasteiger charge is 2.39. The van der Waals surface area contributed by atoms with E-state index in [0.29, 0.717) is 30.9 Å². The fraction of sp³-hybridized carbons (Fsp3) is 0.615. The summed E-state index contributed by atoms with van der Waals surface area (Å²) in [6.07, 6.45) is -2.09. The van der Waals surface area contributed by atoms with Crippen LogP contribution < -0.4 is 5.32 Å². The number of halogens is 3. The summed E-state index contributed by atoms with van der Waals surface area (Å²) in [6, 6.07) is -0.0750. The molecule has 2 aromatic rings. The van der Waals surface area contributed by atoms with Crippen molar-refractivity contribution in [3.8, 4) is 0 Å². The van der Waals surface area contributed by atoms with Gasteiger partial charge in [0.25, 0.3) is 0 Å². The topological polar surface area (TPSA) is 55.6 Å². The first-order valence-electron chi connectivity index (χ1n) is 7.12. The molecule has 3 rings (SSSR count). The Kier molecular flexibility index (Phi) is 4.18. The molecule has 0 amide bonds. The zero-order valence-electron chi connectivity index (χ0n) is 12.0. The molecular weight excluding hydrogens is 315 g/mol. The third-order valence-electron chi connectivity index (χ3n) is 3.85. The van der Waals surface area contributed by atoms with Gasteiger partial charge in [-0.15, -0.1) is 5.10 Å². The summed E-state index contributed by atoms with van der Waals surface area (Å²) >= 11 is 1.25. The molecule has 0 aromatic carbocycles. The number of hydrogen-bond acceptors (Lipinski definition) is 5. The average molecular weight is 331 g/mol. The van der Waals surface area contributed by atoms with Gasteiger partial charge < -0.3 is 9.88 Å². The normalized spacial score (nSPS) is 16.5. The summed E-state index contributed by atoms with van der Waals surface area (Å²) in [5, 5.41) is 8.96. The minimum Gasteiger partial charge on any atom is -0.324 e. The van der Waals surface area contributed by atoms with Crippen molar-refractivity contribution in [2.75, 3.05) is 0 Å². The van der Waals surface area contributed by atoms with Crippen LogP contribution >= 0.6 is 11.5 Å². The van der Waals surface area contributed by atoms with E-state index in [2.05, 4.69) is 19.9 Å². The molecule has 0 bridgehead atoms. The zero-order chi connectivity index (χ0) is 15.7. The van der Waals surface area contributed by atoms with Crippen molar-refractivity contribution >= 4 is 11.5 Å². The maximum absolute atomic E-state index is 13.1. The van der Waals surface area contributed by atoms with Crippen LogP contribution in [0, 0.1) is 0 Å². The minimum absolute atomic E-state index is 0.0750. The van der Waals surface area contributed by atoms with Crippen LogP contribution in [0.3, 0.4) is 0 Å². The van der Waals surface area contributed by atoms with E-state index in [4.69, 9.17) is 0 Å². The SMILES string of the molecule is CC(NCc1nc(C(F)(F)F)n2c1CCCC2)c1csnn1. The van der Waals surface area contributed by atoms with Gasteiger partial charge in [0.2, 0.25) is 5.82 Å². The summed E-state index contributed by atoms with van der Waals surface area (Å²) in [4.78, 5) is 3.86. The lowest BCUT2D eigenvalue weighted by Gasteiger charge is -2.18. The predicted molar refractivity (Wildman–Crippen MR) is 75.3 cm³/mol. The molecule has 0 saturated heterocycles. The van der Waals surface area contributed by atoms with Crippen molar-refractivity contribution in [2.45, 2.75) is 51.5 Å². The Morgan fingerprint density at radius 2 is 2.23 bits per heavy atom. The number of rotatable bonds is 4. The van der Waals surface area contributed by atoms with Gasteiger partial charge in [-0.25, -0.2) is 4.98 Å². The first-order valence-corrected chi connectivity index (χ1v) is 7.96. The molecule has 5 nitrogen and oxygen atoms in total. The number of fused-ring (bicyclic) bond motifs is 1. The van der Waals surface area contributed by atoms with Gasteiger partial charge in [-0.1, -0.05) is 4.49 Å². The van der Waals surface area contributed by atoms with Crippen LogP contribution in [0.1, 0.15) is 48.7 Å². The van der Waals surface area contributed by atoms with Gasteiger partial charge in [-0.3, -0.25) is 0 Å². The average Bonchev–Trinajstić information content (AvgIpc) is 3.12. The summed E-state index contributed by atoms with van der Waals surface area (Å²) in [5.41, 5.74) is 1.98. The molecule has 0 fully saturated rings. The van der Waals surface area contributed by atoms with Crippen LogP contribution in [0.25, 0.3) is 0 Å². The van der Waals surface area contributed by atoms with Crippen molar-refractivity contribution in [3.63, 3.8) is 0 Å². The van der Waals surface area contributed by atoms with E-state index in [9.17, 15) is 13.2 Å². The molecule has 1 aliphatic heterocycles. The van der Waals surface area contributed by atoms with Gasteiger partial charge >= 0.3 is 6.18 Å². The molecule has 1 atom stereocenters. The summed E-state index contributed by atoms with van der Waals surface area (Å²) in [7, 11) is 0. The van der Waals surface area contributed by atoms with Crippen molar-refractivity contribution in [1.82, 2.24) is 24.5 Å². The first kappa shape index (κ1) is 15.4. The maximum atomic E-state index is 13.1. The Hall–Kier alpha value is -1.48. The lowest BCUT2D eigenvalue weighted by Crippen LogP contribution is -2.21. The Morgan fingerprint density at radius 1 is 1.41 bits per heavy atom. The molecular formula is C13H16F3N5S. The number of nitrogens with one attached hydrogen (secondary N) is 1. The third kappa shape index (κ3) is 3.00. The lowest BCUT2D eigenvalue weighted by atomic mass is 10.1. The van der Waals surface area contributed by atoms with Gasteiger partial charge in [0.05, 0.1) is 11.4 Å². The van der Waals surface area contributed by atoms with Crippen molar-refractivity contribution in [2.24, 2.45) is 0 Å². The van der Waals surface area contributed by atoms with Crippen LogP contribution in [0.2, 0.25) is 0 Å². The van der Waals surface area contributed by atoms with Crippen molar-refractivity contribution in [1.29, 1.82) is 0 Å². The number of hydrogen-bond donors (Lipinski definition) is 1. The summed E-state index contributed by atoms with van der Waals surface area (Å²) in [6.45, 7) is 2.59. The summed E-state index contributed by atoms with van der Waals surface area (Å²) < 4.78 is 44.4. The van der Waals surface area contributed by atoms with Crippen LogP contribution in [-0.2, 0) is 25.7 Å². The predicted octanol–water partition coefficient (Wildman–Crippen LogP) is 2.94. The molecule has 22 heavy (non-hydrogen) atoms. The van der Waals surface area contributed by atoms with Crippen LogP contribution in [0.4, 0.5) is 13.2 Å². The highest BCUT2D eigenvalue weighted by molar-refractivity contribution is 7.03. The Morgan fingerprint density at radius 3 is 2.91 bits per heavy atom. The Balaban J connectivity index is 1.80. The zero-order valence-corrected chi connectivity index (χ0v) is 12.8. The fourth-order valence-corrected chi connectivity index (χ4v) is 3.24. The van der Waals surface area contributed by atoms with Gasteiger partial charge in [0.15, 0.2) is 0 Å². The molecule has 1 aliphatic rings. The van der Waals surface area contributed by atoms with E-state index >= 15 is 0 Å². The van der Waals surface area contributed by atoms with Gasteiger partial charge in [0, 0.05) is 30.2 Å². The van der Waals surface area contributed by atoms with E-state index in [1.165, 1.54) is 16.1 Å². The van der Waals surface area contributed by atoms with Crippen LogP contribution in [0.15, 0.2) is 5.38 Å². The van der Waals surface area contributed by atoms with E-state index in [-0.39, 0.29) is 6.04 Å². The monoisotopic (exact) mass is 331 g/mol. The second-order valence-corrected chi connectivity index (χ2v) is 5.98. The molecule has 120 valence electrons. The largest absolute Gasteiger partial charge is 0.449 e. The molecule has 0 saturated carbocycles. The third-order valence-corrected chi connectivity index (χ3v) is 4.37. The molecule has 1 unspecified atom stereocenters. The molecule has 3 heterocycles. The Labute approximate surface area is 129 Å². The molecule has 0 aliphatic carbocycles. The lowest BCUT2D eigenvalue weighted by molar-refractivity contribution is -0.147. The van der Waals surface area contributed by atoms with Crippen molar-refractivity contribution < 1.29 is 13.2 Å². The molecule has 0 spiro atoms. The van der Waals surface area contributed by atoms with E-state index in [1.807, 2.05) is 12.3 Å². The molecule has 1 N–H and O–H groups in total.